The molecule has 2 unspecified atom stereocenters. The molecule has 1 aliphatic heterocycles. The van der Waals surface area contributed by atoms with Crippen LogP contribution >= 0.6 is 27.3 Å². The van der Waals surface area contributed by atoms with E-state index in [1.807, 2.05) is 21.1 Å². The van der Waals surface area contributed by atoms with Crippen molar-refractivity contribution >= 4 is 37.3 Å². The van der Waals surface area contributed by atoms with Gasteiger partial charge in [0.25, 0.3) is 0 Å². The third-order valence-corrected chi connectivity index (χ3v) is 7.96. The van der Waals surface area contributed by atoms with Crippen LogP contribution in [-0.2, 0) is 16.6 Å². The molecule has 0 spiro atoms. The summed E-state index contributed by atoms with van der Waals surface area (Å²) in [5.41, 5.74) is 0. The molecule has 0 radical (unpaired) electrons. The van der Waals surface area contributed by atoms with Crippen molar-refractivity contribution < 1.29 is 8.42 Å². The molecule has 0 bridgehead atoms. The zero-order valence-corrected chi connectivity index (χ0v) is 16.0. The second-order valence-electron chi connectivity index (χ2n) is 5.71. The maximum atomic E-state index is 12.9. The minimum atomic E-state index is -3.42. The van der Waals surface area contributed by atoms with E-state index >= 15 is 0 Å². The van der Waals surface area contributed by atoms with Crippen molar-refractivity contribution in [2.24, 2.45) is 5.92 Å². The molecule has 1 aromatic rings. The summed E-state index contributed by atoms with van der Waals surface area (Å²) >= 11 is 4.87. The second kappa shape index (κ2) is 6.64. The molecule has 0 aliphatic carbocycles. The number of nitrogens with one attached hydrogen (secondary N) is 1. The first-order chi connectivity index (χ1) is 9.77. The molecule has 2 atom stereocenters. The lowest BCUT2D eigenvalue weighted by molar-refractivity contribution is 0.263. The van der Waals surface area contributed by atoms with Crippen LogP contribution in [0.2, 0.25) is 0 Å². The molecule has 0 amide bonds. The molecule has 21 heavy (non-hydrogen) atoms. The first-order valence-electron chi connectivity index (χ1n) is 6.86. The summed E-state index contributed by atoms with van der Waals surface area (Å²) < 4.78 is 28.0. The van der Waals surface area contributed by atoms with Crippen LogP contribution in [0.1, 0.15) is 11.8 Å². The van der Waals surface area contributed by atoms with Crippen molar-refractivity contribution in [1.82, 2.24) is 14.5 Å². The lowest BCUT2D eigenvalue weighted by Crippen LogP contribution is -2.35. The molecule has 1 N–H and O–H groups in total. The van der Waals surface area contributed by atoms with E-state index in [1.54, 1.807) is 10.4 Å². The van der Waals surface area contributed by atoms with Gasteiger partial charge in [-0.15, -0.1) is 11.3 Å². The van der Waals surface area contributed by atoms with E-state index in [1.165, 1.54) is 11.3 Å². The summed E-state index contributed by atoms with van der Waals surface area (Å²) in [6.07, 6.45) is 0. The first-order valence-corrected chi connectivity index (χ1v) is 9.91. The van der Waals surface area contributed by atoms with Crippen LogP contribution in [0.15, 0.2) is 14.7 Å². The van der Waals surface area contributed by atoms with Crippen molar-refractivity contribution in [1.29, 1.82) is 0 Å². The summed E-state index contributed by atoms with van der Waals surface area (Å²) in [4.78, 5) is 3.51. The molecule has 0 aromatic carbocycles. The molecule has 5 nitrogen and oxygen atoms in total. The maximum Gasteiger partial charge on any atom is 0.245 e. The highest BCUT2D eigenvalue weighted by Crippen LogP contribution is 2.35. The molecule has 2 heterocycles. The van der Waals surface area contributed by atoms with E-state index in [0.717, 1.165) is 4.88 Å². The predicted octanol–water partition coefficient (Wildman–Crippen LogP) is 1.80. The van der Waals surface area contributed by atoms with Crippen molar-refractivity contribution in [3.8, 4) is 0 Å². The highest BCUT2D eigenvalue weighted by Gasteiger charge is 2.39. The van der Waals surface area contributed by atoms with Gasteiger partial charge in [-0.05, 0) is 49.1 Å². The average Bonchev–Trinajstić information content (AvgIpc) is 2.94. The standard InChI is InChI=1S/C13H22BrN3O2S2/c1-9-7-17(8-11(9)16(3)4)21(18,19)12-5-10(6-15-2)20-13(12)14/h5,9,11,15H,6-8H2,1-4H3. The lowest BCUT2D eigenvalue weighted by atomic mass is 10.1. The first kappa shape index (κ1) is 17.4. The molecule has 120 valence electrons. The summed E-state index contributed by atoms with van der Waals surface area (Å²) in [5.74, 6) is 0.337. The molecule has 1 aliphatic rings. The highest BCUT2D eigenvalue weighted by atomic mass is 79.9. The third-order valence-electron chi connectivity index (χ3n) is 3.88. The fourth-order valence-corrected chi connectivity index (χ4v) is 6.95. The van der Waals surface area contributed by atoms with Crippen molar-refractivity contribution in [2.45, 2.75) is 24.4 Å². The smallest absolute Gasteiger partial charge is 0.245 e. The topological polar surface area (TPSA) is 52.7 Å². The Bertz CT molecular complexity index is 601. The normalized spacial score (nSPS) is 24.1. The fourth-order valence-electron chi connectivity index (χ4n) is 2.75. The number of hydrogen-bond donors (Lipinski definition) is 1. The summed E-state index contributed by atoms with van der Waals surface area (Å²) in [6, 6.07) is 2.04. The Morgan fingerprint density at radius 2 is 2.14 bits per heavy atom. The van der Waals surface area contributed by atoms with Crippen LogP contribution in [0.5, 0.6) is 0 Å². The quantitative estimate of drug-likeness (QED) is 0.825. The largest absolute Gasteiger partial charge is 0.315 e. The van der Waals surface area contributed by atoms with Gasteiger partial charge < -0.3 is 10.2 Å². The van der Waals surface area contributed by atoms with E-state index in [-0.39, 0.29) is 6.04 Å². The molecule has 1 fully saturated rings. The molecular formula is C13H22BrN3O2S2. The predicted molar refractivity (Wildman–Crippen MR) is 90.2 cm³/mol. The Morgan fingerprint density at radius 3 is 2.67 bits per heavy atom. The summed E-state index contributed by atoms with van der Waals surface area (Å²) in [6.45, 7) is 3.92. The van der Waals surface area contributed by atoms with Crippen molar-refractivity contribution in [2.75, 3.05) is 34.2 Å². The Balaban J connectivity index is 2.27. The lowest BCUT2D eigenvalue weighted by Gasteiger charge is -2.22. The van der Waals surface area contributed by atoms with Gasteiger partial charge in [0.1, 0.15) is 4.90 Å². The number of rotatable bonds is 5. The number of likely N-dealkylation sites (N-methyl/N-ethyl adjacent to an activating group) is 1. The summed E-state index contributed by atoms with van der Waals surface area (Å²) in [5, 5.41) is 3.05. The number of sulfonamides is 1. The fraction of sp³-hybridized carbons (Fsp3) is 0.692. The van der Waals surface area contributed by atoms with Gasteiger partial charge in [-0.3, -0.25) is 0 Å². The van der Waals surface area contributed by atoms with E-state index in [2.05, 4.69) is 33.1 Å². The molecule has 0 saturated carbocycles. The van der Waals surface area contributed by atoms with E-state index < -0.39 is 10.0 Å². The zero-order chi connectivity index (χ0) is 15.8. The monoisotopic (exact) mass is 395 g/mol. The van der Waals surface area contributed by atoms with Crippen LogP contribution in [-0.4, -0.2) is 57.9 Å². The molecule has 1 saturated heterocycles. The number of halogens is 1. The van der Waals surface area contributed by atoms with Gasteiger partial charge in [-0.1, -0.05) is 6.92 Å². The van der Waals surface area contributed by atoms with Crippen LogP contribution in [0.25, 0.3) is 0 Å². The van der Waals surface area contributed by atoms with Crippen LogP contribution in [0.3, 0.4) is 0 Å². The van der Waals surface area contributed by atoms with Crippen molar-refractivity contribution in [3.63, 3.8) is 0 Å². The number of nitrogens with zero attached hydrogens (tertiary/aromatic N) is 2. The van der Waals surface area contributed by atoms with Gasteiger partial charge in [0.2, 0.25) is 10.0 Å². The number of thiophene rings is 1. The Kier molecular flexibility index (Phi) is 5.49. The third kappa shape index (κ3) is 3.51. The minimum absolute atomic E-state index is 0.272. The highest BCUT2D eigenvalue weighted by molar-refractivity contribution is 9.11. The Labute approximate surface area is 139 Å². The Hall–Kier alpha value is 0.01000. The average molecular weight is 396 g/mol. The van der Waals surface area contributed by atoms with Crippen molar-refractivity contribution in [3.05, 3.63) is 14.7 Å². The van der Waals surface area contributed by atoms with Gasteiger partial charge in [-0.2, -0.15) is 4.31 Å². The minimum Gasteiger partial charge on any atom is -0.315 e. The molecule has 8 heteroatoms. The van der Waals surface area contributed by atoms with Gasteiger partial charge in [0, 0.05) is 30.6 Å². The molecule has 2 rings (SSSR count). The van der Waals surface area contributed by atoms with Crippen LogP contribution in [0, 0.1) is 5.92 Å². The molecule has 1 aromatic heterocycles. The van der Waals surface area contributed by atoms with Crippen LogP contribution < -0.4 is 5.32 Å². The van der Waals surface area contributed by atoms with E-state index in [9.17, 15) is 8.42 Å². The van der Waals surface area contributed by atoms with Gasteiger partial charge >= 0.3 is 0 Å². The van der Waals surface area contributed by atoms with Gasteiger partial charge in [-0.25, -0.2) is 8.42 Å². The number of hydrogen-bond acceptors (Lipinski definition) is 5. The second-order valence-corrected chi connectivity index (χ2v) is 10.1. The van der Waals surface area contributed by atoms with Gasteiger partial charge in [0.15, 0.2) is 0 Å². The SMILES string of the molecule is CNCc1cc(S(=O)(=O)N2CC(C)C(N(C)C)C2)c(Br)s1. The van der Waals surface area contributed by atoms with Gasteiger partial charge in [0.05, 0.1) is 3.79 Å². The Morgan fingerprint density at radius 1 is 1.48 bits per heavy atom. The molecular weight excluding hydrogens is 374 g/mol. The maximum absolute atomic E-state index is 12.9. The van der Waals surface area contributed by atoms with E-state index in [0.29, 0.717) is 34.2 Å². The zero-order valence-electron chi connectivity index (χ0n) is 12.8. The van der Waals surface area contributed by atoms with Crippen LogP contribution in [0.4, 0.5) is 0 Å². The summed E-state index contributed by atoms with van der Waals surface area (Å²) in [7, 11) is 2.43. The van der Waals surface area contributed by atoms with E-state index in [4.69, 9.17) is 0 Å².